The molecule has 0 bridgehead atoms. The zero-order chi connectivity index (χ0) is 18.8. The minimum Gasteiger partial charge on any atom is -0.379 e. The molecule has 6 nitrogen and oxygen atoms in total. The van der Waals surface area contributed by atoms with Crippen LogP contribution in [-0.4, -0.2) is 90.8 Å². The van der Waals surface area contributed by atoms with Crippen LogP contribution in [0.2, 0.25) is 0 Å². The van der Waals surface area contributed by atoms with E-state index in [0.29, 0.717) is 24.3 Å². The van der Waals surface area contributed by atoms with Crippen LogP contribution >= 0.6 is 0 Å². The molecule has 27 heavy (non-hydrogen) atoms. The Balaban J connectivity index is 1.33. The van der Waals surface area contributed by atoms with Crippen LogP contribution in [0.25, 0.3) is 0 Å². The van der Waals surface area contributed by atoms with Crippen molar-refractivity contribution in [2.75, 3.05) is 45.9 Å². The van der Waals surface area contributed by atoms with Crippen LogP contribution in [0.1, 0.15) is 52.4 Å². The van der Waals surface area contributed by atoms with Crippen LogP contribution in [0.4, 0.5) is 0 Å². The summed E-state index contributed by atoms with van der Waals surface area (Å²) in [5.41, 5.74) is 0. The number of morpholine rings is 1. The van der Waals surface area contributed by atoms with Gasteiger partial charge >= 0.3 is 0 Å². The number of amides is 1. The van der Waals surface area contributed by atoms with Crippen LogP contribution in [0.3, 0.4) is 0 Å². The van der Waals surface area contributed by atoms with Crippen molar-refractivity contribution in [1.29, 1.82) is 0 Å². The number of rotatable bonds is 3. The summed E-state index contributed by atoms with van der Waals surface area (Å²) in [7, 11) is 0. The first kappa shape index (κ1) is 19.6. The van der Waals surface area contributed by atoms with Crippen molar-refractivity contribution in [3.05, 3.63) is 0 Å². The zero-order valence-corrected chi connectivity index (χ0v) is 17.2. The van der Waals surface area contributed by atoms with E-state index >= 15 is 0 Å². The molecule has 6 heteroatoms. The van der Waals surface area contributed by atoms with Crippen LogP contribution in [0.15, 0.2) is 0 Å². The van der Waals surface area contributed by atoms with Gasteiger partial charge in [0.2, 0.25) is 5.91 Å². The number of hydrogen-bond donors (Lipinski definition) is 1. The molecule has 0 aromatic carbocycles. The number of carbonyl (C=O) groups is 1. The molecule has 1 aliphatic carbocycles. The minimum absolute atomic E-state index is 0.270. The maximum absolute atomic E-state index is 12.2. The molecule has 1 amide bonds. The SMILES string of the molecule is CC(=O)N1C(C)CN(CC2CCC(N3CCOCC3)NC2)C2CCCCC21. The molecule has 5 atom stereocenters. The van der Waals surface area contributed by atoms with Gasteiger partial charge in [-0.05, 0) is 38.5 Å². The first-order valence-electron chi connectivity index (χ1n) is 11.2. The Labute approximate surface area is 164 Å². The lowest BCUT2D eigenvalue weighted by molar-refractivity contribution is -0.142. The number of carbonyl (C=O) groups excluding carboxylic acids is 1. The number of ether oxygens (including phenoxy) is 1. The molecule has 1 N–H and O–H groups in total. The molecule has 0 aromatic heterocycles. The molecule has 4 rings (SSSR count). The fourth-order valence-corrected chi connectivity index (χ4v) is 6.07. The maximum atomic E-state index is 12.2. The Morgan fingerprint density at radius 1 is 1.07 bits per heavy atom. The van der Waals surface area contributed by atoms with Crippen molar-refractivity contribution in [1.82, 2.24) is 20.0 Å². The lowest BCUT2D eigenvalue weighted by Crippen LogP contribution is -2.66. The summed E-state index contributed by atoms with van der Waals surface area (Å²) >= 11 is 0. The van der Waals surface area contributed by atoms with Gasteiger partial charge in [0.1, 0.15) is 0 Å². The van der Waals surface area contributed by atoms with Gasteiger partial charge in [-0.15, -0.1) is 0 Å². The molecular formula is C21H38N4O2. The van der Waals surface area contributed by atoms with E-state index in [1.165, 1.54) is 45.1 Å². The van der Waals surface area contributed by atoms with Gasteiger partial charge < -0.3 is 15.0 Å². The van der Waals surface area contributed by atoms with E-state index in [4.69, 9.17) is 4.74 Å². The molecule has 3 aliphatic heterocycles. The highest BCUT2D eigenvalue weighted by Gasteiger charge is 2.43. The van der Waals surface area contributed by atoms with E-state index in [1.807, 2.05) is 0 Å². The van der Waals surface area contributed by atoms with Crippen molar-refractivity contribution >= 4 is 5.91 Å². The third-order valence-corrected chi connectivity index (χ3v) is 7.33. The van der Waals surface area contributed by atoms with Gasteiger partial charge in [0.05, 0.1) is 19.4 Å². The van der Waals surface area contributed by atoms with Crippen LogP contribution in [0, 0.1) is 5.92 Å². The van der Waals surface area contributed by atoms with Crippen LogP contribution < -0.4 is 5.32 Å². The smallest absolute Gasteiger partial charge is 0.220 e. The van der Waals surface area contributed by atoms with Gasteiger partial charge in [-0.1, -0.05) is 12.8 Å². The van der Waals surface area contributed by atoms with Crippen LogP contribution in [0.5, 0.6) is 0 Å². The van der Waals surface area contributed by atoms with Gasteiger partial charge in [0.25, 0.3) is 0 Å². The van der Waals surface area contributed by atoms with Crippen molar-refractivity contribution in [3.63, 3.8) is 0 Å². The van der Waals surface area contributed by atoms with Crippen molar-refractivity contribution < 1.29 is 9.53 Å². The maximum Gasteiger partial charge on any atom is 0.220 e. The summed E-state index contributed by atoms with van der Waals surface area (Å²) in [6.45, 7) is 11.3. The van der Waals surface area contributed by atoms with E-state index < -0.39 is 0 Å². The average Bonchev–Trinajstić information content (AvgIpc) is 2.69. The first-order chi connectivity index (χ1) is 13.1. The number of nitrogens with one attached hydrogen (secondary N) is 1. The normalized spacial score (nSPS) is 39.2. The summed E-state index contributed by atoms with van der Waals surface area (Å²) in [5, 5.41) is 3.82. The van der Waals surface area contributed by atoms with Gasteiger partial charge in [-0.25, -0.2) is 0 Å². The highest BCUT2D eigenvalue weighted by molar-refractivity contribution is 5.74. The number of hydrogen-bond acceptors (Lipinski definition) is 5. The predicted octanol–water partition coefficient (Wildman–Crippen LogP) is 1.51. The molecule has 1 saturated carbocycles. The summed E-state index contributed by atoms with van der Waals surface area (Å²) in [4.78, 5) is 19.7. The third kappa shape index (κ3) is 4.34. The molecule has 3 heterocycles. The largest absolute Gasteiger partial charge is 0.379 e. The summed E-state index contributed by atoms with van der Waals surface area (Å²) in [5.74, 6) is 1.01. The third-order valence-electron chi connectivity index (χ3n) is 7.33. The highest BCUT2D eigenvalue weighted by Crippen LogP contribution is 2.34. The van der Waals surface area contributed by atoms with E-state index in [2.05, 4.69) is 26.9 Å². The Bertz CT molecular complexity index is 502. The topological polar surface area (TPSA) is 48.1 Å². The number of piperazine rings is 1. The molecule has 154 valence electrons. The minimum atomic E-state index is 0.270. The summed E-state index contributed by atoms with van der Waals surface area (Å²) in [6, 6.07) is 1.37. The van der Waals surface area contributed by atoms with Gasteiger partial charge in [-0.3, -0.25) is 14.6 Å². The molecule has 3 saturated heterocycles. The molecule has 0 radical (unpaired) electrons. The van der Waals surface area contributed by atoms with Gasteiger partial charge in [0, 0.05) is 57.8 Å². The molecule has 5 unspecified atom stereocenters. The second-order valence-electron chi connectivity index (χ2n) is 9.16. The van der Waals surface area contributed by atoms with Crippen molar-refractivity contribution in [2.24, 2.45) is 5.92 Å². The van der Waals surface area contributed by atoms with Crippen molar-refractivity contribution in [2.45, 2.75) is 76.7 Å². The summed E-state index contributed by atoms with van der Waals surface area (Å²) < 4.78 is 5.49. The molecular weight excluding hydrogens is 340 g/mol. The van der Waals surface area contributed by atoms with E-state index in [-0.39, 0.29) is 5.91 Å². The Kier molecular flexibility index (Phi) is 6.37. The highest BCUT2D eigenvalue weighted by atomic mass is 16.5. The number of nitrogens with zero attached hydrogens (tertiary/aromatic N) is 3. The average molecular weight is 379 g/mol. The molecule has 0 spiro atoms. The fraction of sp³-hybridized carbons (Fsp3) is 0.952. The number of fused-ring (bicyclic) bond motifs is 1. The molecule has 4 fully saturated rings. The Hall–Kier alpha value is -0.690. The fourth-order valence-electron chi connectivity index (χ4n) is 6.07. The van der Waals surface area contributed by atoms with E-state index in [1.54, 1.807) is 6.92 Å². The van der Waals surface area contributed by atoms with Gasteiger partial charge in [-0.2, -0.15) is 0 Å². The Morgan fingerprint density at radius 3 is 2.48 bits per heavy atom. The predicted molar refractivity (Wildman–Crippen MR) is 107 cm³/mol. The number of piperidine rings is 1. The Morgan fingerprint density at radius 2 is 1.81 bits per heavy atom. The zero-order valence-electron chi connectivity index (χ0n) is 17.2. The molecule has 0 aromatic rings. The molecule has 4 aliphatic rings. The monoisotopic (exact) mass is 378 g/mol. The van der Waals surface area contributed by atoms with Gasteiger partial charge in [0.15, 0.2) is 0 Å². The first-order valence-corrected chi connectivity index (χ1v) is 11.2. The second-order valence-corrected chi connectivity index (χ2v) is 9.16. The lowest BCUT2D eigenvalue weighted by atomic mass is 9.83. The van der Waals surface area contributed by atoms with Crippen LogP contribution in [-0.2, 0) is 9.53 Å². The summed E-state index contributed by atoms with van der Waals surface area (Å²) in [6.07, 6.45) is 8.15. The van der Waals surface area contributed by atoms with E-state index in [9.17, 15) is 4.79 Å². The quantitative estimate of drug-likeness (QED) is 0.807. The van der Waals surface area contributed by atoms with Crippen molar-refractivity contribution in [3.8, 4) is 0 Å². The van der Waals surface area contributed by atoms with E-state index in [0.717, 1.165) is 45.3 Å². The second kappa shape index (κ2) is 8.76. The lowest BCUT2D eigenvalue weighted by Gasteiger charge is -2.53. The standard InChI is InChI=1S/C21H38N4O2/c1-16-14-24(19-5-3-4-6-20(19)25(16)17(2)26)15-18-7-8-21(22-13-18)23-9-11-27-12-10-23/h16,18-22H,3-15H2,1-2H3.